The van der Waals surface area contributed by atoms with Gasteiger partial charge in [0.2, 0.25) is 0 Å². The molecule has 0 saturated heterocycles. The second kappa shape index (κ2) is 5.95. The van der Waals surface area contributed by atoms with Crippen molar-refractivity contribution in [3.8, 4) is 0 Å². The maximum atomic E-state index is 11.4. The van der Waals surface area contributed by atoms with Gasteiger partial charge in [0, 0.05) is 18.9 Å². The second-order valence-electron chi connectivity index (χ2n) is 3.21. The Morgan fingerprint density at radius 1 is 1.58 bits per heavy atom. The first-order chi connectivity index (χ1) is 5.61. The largest absolute Gasteiger partial charge is 0.319 e. The molecule has 0 rings (SSSR count). The molecule has 0 heterocycles. The van der Waals surface area contributed by atoms with Crippen LogP contribution in [-0.4, -0.2) is 19.4 Å². The van der Waals surface area contributed by atoms with E-state index in [2.05, 4.69) is 11.9 Å². The molecule has 0 aromatic rings. The molecular formula is C10H19NO. The van der Waals surface area contributed by atoms with E-state index in [-0.39, 0.29) is 11.7 Å². The Bertz CT molecular complexity index is 163. The van der Waals surface area contributed by atoms with Crippen LogP contribution >= 0.6 is 0 Å². The molecule has 0 aliphatic rings. The normalized spacial score (nSPS) is 12.6. The highest BCUT2D eigenvalue weighted by molar-refractivity contribution is 5.82. The van der Waals surface area contributed by atoms with Crippen LogP contribution in [0.25, 0.3) is 0 Å². The molecule has 0 fully saturated rings. The van der Waals surface area contributed by atoms with Crippen molar-refractivity contribution in [3.63, 3.8) is 0 Å². The molecule has 1 unspecified atom stereocenters. The molecule has 1 atom stereocenters. The third-order valence-corrected chi connectivity index (χ3v) is 1.98. The van der Waals surface area contributed by atoms with Gasteiger partial charge in [-0.05, 0) is 13.5 Å². The zero-order chi connectivity index (χ0) is 9.56. The summed E-state index contributed by atoms with van der Waals surface area (Å²) in [6.45, 7) is 8.55. The summed E-state index contributed by atoms with van der Waals surface area (Å²) in [7, 11) is 1.86. The Balaban J connectivity index is 3.78. The maximum absolute atomic E-state index is 11.4. The molecule has 12 heavy (non-hydrogen) atoms. The Morgan fingerprint density at radius 2 is 2.17 bits per heavy atom. The summed E-state index contributed by atoms with van der Waals surface area (Å²) in [4.78, 5) is 11.4. The van der Waals surface area contributed by atoms with Crippen molar-refractivity contribution in [3.05, 3.63) is 12.2 Å². The van der Waals surface area contributed by atoms with Crippen molar-refractivity contribution in [1.82, 2.24) is 5.32 Å². The van der Waals surface area contributed by atoms with Gasteiger partial charge in [0.1, 0.15) is 5.78 Å². The Kier molecular flexibility index (Phi) is 5.64. The molecule has 0 aromatic carbocycles. The smallest absolute Gasteiger partial charge is 0.140 e. The molecule has 0 saturated carbocycles. The zero-order valence-corrected chi connectivity index (χ0v) is 8.31. The summed E-state index contributed by atoms with van der Waals surface area (Å²) >= 11 is 0. The standard InChI is InChI=1S/C10H19NO/c1-5-8(2)6-10(12)9(3)7-11-4/h9,11H,2,5-7H2,1,3-4H3. The highest BCUT2D eigenvalue weighted by atomic mass is 16.1. The molecule has 0 aliphatic carbocycles. The van der Waals surface area contributed by atoms with E-state index in [0.29, 0.717) is 6.42 Å². The van der Waals surface area contributed by atoms with Crippen LogP contribution < -0.4 is 5.32 Å². The van der Waals surface area contributed by atoms with Gasteiger partial charge in [-0.2, -0.15) is 0 Å². The van der Waals surface area contributed by atoms with Gasteiger partial charge in [-0.15, -0.1) is 0 Å². The fourth-order valence-corrected chi connectivity index (χ4v) is 0.966. The van der Waals surface area contributed by atoms with E-state index in [9.17, 15) is 4.79 Å². The second-order valence-corrected chi connectivity index (χ2v) is 3.21. The van der Waals surface area contributed by atoms with Crippen LogP contribution in [0.3, 0.4) is 0 Å². The van der Waals surface area contributed by atoms with E-state index >= 15 is 0 Å². The lowest BCUT2D eigenvalue weighted by molar-refractivity contribution is -0.121. The number of allylic oxidation sites excluding steroid dienone is 1. The van der Waals surface area contributed by atoms with Gasteiger partial charge in [-0.3, -0.25) is 4.79 Å². The highest BCUT2D eigenvalue weighted by Gasteiger charge is 2.11. The van der Waals surface area contributed by atoms with Crippen molar-refractivity contribution >= 4 is 5.78 Å². The Labute approximate surface area is 75.0 Å². The lowest BCUT2D eigenvalue weighted by Crippen LogP contribution is -2.23. The highest BCUT2D eigenvalue weighted by Crippen LogP contribution is 2.08. The van der Waals surface area contributed by atoms with Crippen LogP contribution in [0.2, 0.25) is 0 Å². The number of carbonyl (C=O) groups excluding carboxylic acids is 1. The first-order valence-electron chi connectivity index (χ1n) is 4.45. The molecule has 0 aliphatic heterocycles. The third kappa shape index (κ3) is 4.29. The SMILES string of the molecule is C=C(CC)CC(=O)C(C)CNC. The van der Waals surface area contributed by atoms with Crippen molar-refractivity contribution in [2.45, 2.75) is 26.7 Å². The third-order valence-electron chi connectivity index (χ3n) is 1.98. The summed E-state index contributed by atoms with van der Waals surface area (Å²) in [5.74, 6) is 0.398. The lowest BCUT2D eigenvalue weighted by atomic mass is 9.99. The number of nitrogens with one attached hydrogen (secondary N) is 1. The fraction of sp³-hybridized carbons (Fsp3) is 0.700. The van der Waals surface area contributed by atoms with Crippen molar-refractivity contribution in [2.24, 2.45) is 5.92 Å². The average molecular weight is 169 g/mol. The van der Waals surface area contributed by atoms with E-state index in [1.807, 2.05) is 20.9 Å². The summed E-state index contributed by atoms with van der Waals surface area (Å²) in [5, 5.41) is 2.99. The summed E-state index contributed by atoms with van der Waals surface area (Å²) in [5.41, 5.74) is 1.03. The van der Waals surface area contributed by atoms with E-state index in [4.69, 9.17) is 0 Å². The van der Waals surface area contributed by atoms with Crippen LogP contribution in [0, 0.1) is 5.92 Å². The monoisotopic (exact) mass is 169 g/mol. The van der Waals surface area contributed by atoms with Gasteiger partial charge in [0.25, 0.3) is 0 Å². The van der Waals surface area contributed by atoms with Gasteiger partial charge >= 0.3 is 0 Å². The lowest BCUT2D eigenvalue weighted by Gasteiger charge is -2.09. The van der Waals surface area contributed by atoms with Crippen LogP contribution in [0.4, 0.5) is 0 Å². The molecule has 0 bridgehead atoms. The van der Waals surface area contributed by atoms with Crippen molar-refractivity contribution in [2.75, 3.05) is 13.6 Å². The number of hydrogen-bond donors (Lipinski definition) is 1. The number of hydrogen-bond acceptors (Lipinski definition) is 2. The molecule has 2 heteroatoms. The fourth-order valence-electron chi connectivity index (χ4n) is 0.966. The minimum absolute atomic E-state index is 0.110. The first-order valence-corrected chi connectivity index (χ1v) is 4.45. The molecule has 0 aromatic heterocycles. The van der Waals surface area contributed by atoms with E-state index in [0.717, 1.165) is 18.5 Å². The van der Waals surface area contributed by atoms with Crippen LogP contribution in [0.15, 0.2) is 12.2 Å². The van der Waals surface area contributed by atoms with Gasteiger partial charge in [0.15, 0.2) is 0 Å². The molecule has 2 nitrogen and oxygen atoms in total. The quantitative estimate of drug-likeness (QED) is 0.614. The summed E-state index contributed by atoms with van der Waals surface area (Å²) in [6, 6.07) is 0. The van der Waals surface area contributed by atoms with Crippen molar-refractivity contribution in [1.29, 1.82) is 0 Å². The average Bonchev–Trinajstić information content (AvgIpc) is 2.04. The van der Waals surface area contributed by atoms with E-state index in [1.165, 1.54) is 0 Å². The van der Waals surface area contributed by atoms with Crippen molar-refractivity contribution < 1.29 is 4.79 Å². The minimum Gasteiger partial charge on any atom is -0.319 e. The van der Waals surface area contributed by atoms with Gasteiger partial charge in [-0.25, -0.2) is 0 Å². The van der Waals surface area contributed by atoms with E-state index < -0.39 is 0 Å². The molecule has 0 amide bonds. The number of rotatable bonds is 6. The molecule has 70 valence electrons. The topological polar surface area (TPSA) is 29.1 Å². The molecule has 0 radical (unpaired) electrons. The Hall–Kier alpha value is -0.630. The van der Waals surface area contributed by atoms with E-state index in [1.54, 1.807) is 0 Å². The van der Waals surface area contributed by atoms with Gasteiger partial charge < -0.3 is 5.32 Å². The Morgan fingerprint density at radius 3 is 2.58 bits per heavy atom. The predicted molar refractivity (Wildman–Crippen MR) is 52.1 cm³/mol. The molecule has 0 spiro atoms. The first kappa shape index (κ1) is 11.4. The number of Topliss-reactive ketones (excluding diaryl/α,β-unsaturated/α-hetero) is 1. The van der Waals surface area contributed by atoms with Gasteiger partial charge in [-0.1, -0.05) is 26.0 Å². The summed E-state index contributed by atoms with van der Waals surface area (Å²) < 4.78 is 0. The number of ketones is 1. The number of carbonyl (C=O) groups is 1. The maximum Gasteiger partial charge on any atom is 0.140 e. The van der Waals surface area contributed by atoms with Crippen LogP contribution in [0.5, 0.6) is 0 Å². The zero-order valence-electron chi connectivity index (χ0n) is 8.31. The molecular weight excluding hydrogens is 150 g/mol. The van der Waals surface area contributed by atoms with Crippen LogP contribution in [0.1, 0.15) is 26.7 Å². The molecule has 1 N–H and O–H groups in total. The van der Waals surface area contributed by atoms with Crippen LogP contribution in [-0.2, 0) is 4.79 Å². The van der Waals surface area contributed by atoms with Gasteiger partial charge in [0.05, 0.1) is 0 Å². The minimum atomic E-state index is 0.110. The predicted octanol–water partition coefficient (Wildman–Crippen LogP) is 1.77. The summed E-state index contributed by atoms with van der Waals surface area (Å²) in [6.07, 6.45) is 1.44.